The number of anilines is 2. The summed E-state index contributed by atoms with van der Waals surface area (Å²) in [6.07, 6.45) is 0. The number of nitrogens with zero attached hydrogens (tertiary/aromatic N) is 2. The SMILES string of the molecule is CNCc1nnc(Nc2cccc(F)c2)o1. The lowest BCUT2D eigenvalue weighted by Crippen LogP contribution is -2.04. The summed E-state index contributed by atoms with van der Waals surface area (Å²) >= 11 is 0. The lowest BCUT2D eigenvalue weighted by atomic mass is 10.3. The van der Waals surface area contributed by atoms with E-state index in [0.717, 1.165) is 0 Å². The minimum absolute atomic E-state index is 0.246. The van der Waals surface area contributed by atoms with Gasteiger partial charge in [0.15, 0.2) is 0 Å². The van der Waals surface area contributed by atoms with Crippen LogP contribution in [0.15, 0.2) is 28.7 Å². The smallest absolute Gasteiger partial charge is 0.320 e. The second-order valence-electron chi connectivity index (χ2n) is 3.17. The minimum atomic E-state index is -0.319. The third-order valence-electron chi connectivity index (χ3n) is 1.87. The van der Waals surface area contributed by atoms with Gasteiger partial charge in [-0.15, -0.1) is 5.10 Å². The van der Waals surface area contributed by atoms with E-state index in [1.54, 1.807) is 19.2 Å². The van der Waals surface area contributed by atoms with Crippen LogP contribution in [0.4, 0.5) is 16.1 Å². The molecule has 0 fully saturated rings. The zero-order chi connectivity index (χ0) is 11.4. The number of hydrogen-bond donors (Lipinski definition) is 2. The van der Waals surface area contributed by atoms with Crippen molar-refractivity contribution in [1.29, 1.82) is 0 Å². The molecule has 0 radical (unpaired) electrons. The largest absolute Gasteiger partial charge is 0.406 e. The molecule has 2 rings (SSSR count). The van der Waals surface area contributed by atoms with E-state index in [0.29, 0.717) is 18.1 Å². The number of rotatable bonds is 4. The van der Waals surface area contributed by atoms with E-state index in [2.05, 4.69) is 20.8 Å². The summed E-state index contributed by atoms with van der Waals surface area (Å²) in [5.41, 5.74) is 0.569. The third-order valence-corrected chi connectivity index (χ3v) is 1.87. The van der Waals surface area contributed by atoms with Crippen LogP contribution in [0.1, 0.15) is 5.89 Å². The Kier molecular flexibility index (Phi) is 3.11. The molecule has 0 saturated heterocycles. The maximum Gasteiger partial charge on any atom is 0.320 e. The molecule has 2 aromatic rings. The van der Waals surface area contributed by atoms with Crippen LogP contribution in [0.5, 0.6) is 0 Å². The molecular formula is C10H11FN4O. The van der Waals surface area contributed by atoms with Crippen molar-refractivity contribution in [3.05, 3.63) is 36.0 Å². The molecule has 0 amide bonds. The molecule has 0 aliphatic carbocycles. The van der Waals surface area contributed by atoms with Gasteiger partial charge in [0.2, 0.25) is 5.89 Å². The molecule has 1 aromatic carbocycles. The highest BCUT2D eigenvalue weighted by Crippen LogP contribution is 2.15. The first kappa shape index (κ1) is 10.6. The molecule has 0 bridgehead atoms. The second-order valence-corrected chi connectivity index (χ2v) is 3.17. The zero-order valence-electron chi connectivity index (χ0n) is 8.70. The van der Waals surface area contributed by atoms with Crippen LogP contribution in [0.2, 0.25) is 0 Å². The van der Waals surface area contributed by atoms with Crippen LogP contribution in [0.25, 0.3) is 0 Å². The number of nitrogens with one attached hydrogen (secondary N) is 2. The summed E-state index contributed by atoms with van der Waals surface area (Å²) in [7, 11) is 1.78. The summed E-state index contributed by atoms with van der Waals surface area (Å²) < 4.78 is 18.1. The molecule has 1 heterocycles. The van der Waals surface area contributed by atoms with Gasteiger partial charge in [-0.3, -0.25) is 0 Å². The molecule has 0 atom stereocenters. The van der Waals surface area contributed by atoms with Gasteiger partial charge in [-0.25, -0.2) is 4.39 Å². The lowest BCUT2D eigenvalue weighted by molar-refractivity contribution is 0.493. The molecule has 0 spiro atoms. The Morgan fingerprint density at radius 2 is 2.25 bits per heavy atom. The Labute approximate surface area is 91.7 Å². The number of halogens is 1. The van der Waals surface area contributed by atoms with Crippen molar-refractivity contribution < 1.29 is 8.81 Å². The summed E-state index contributed by atoms with van der Waals surface area (Å²) in [5, 5.41) is 13.3. The van der Waals surface area contributed by atoms with Gasteiger partial charge < -0.3 is 15.1 Å². The zero-order valence-corrected chi connectivity index (χ0v) is 8.70. The normalized spacial score (nSPS) is 10.4. The highest BCUT2D eigenvalue weighted by Gasteiger charge is 2.05. The van der Waals surface area contributed by atoms with Crippen LogP contribution in [0, 0.1) is 5.82 Å². The quantitative estimate of drug-likeness (QED) is 0.823. The predicted molar refractivity (Wildman–Crippen MR) is 56.7 cm³/mol. The van der Waals surface area contributed by atoms with Gasteiger partial charge in [0.05, 0.1) is 6.54 Å². The Morgan fingerprint density at radius 1 is 1.38 bits per heavy atom. The van der Waals surface area contributed by atoms with E-state index >= 15 is 0 Å². The first-order valence-corrected chi connectivity index (χ1v) is 4.77. The van der Waals surface area contributed by atoms with Crippen LogP contribution in [-0.2, 0) is 6.54 Å². The standard InChI is InChI=1S/C10H11FN4O/c1-12-6-9-14-15-10(16-9)13-8-4-2-3-7(11)5-8/h2-5,12H,6H2,1H3,(H,13,15). The highest BCUT2D eigenvalue weighted by molar-refractivity contribution is 5.51. The second kappa shape index (κ2) is 4.71. The molecule has 84 valence electrons. The van der Waals surface area contributed by atoms with Crippen LogP contribution in [-0.4, -0.2) is 17.2 Å². The van der Waals surface area contributed by atoms with Crippen LogP contribution >= 0.6 is 0 Å². The van der Waals surface area contributed by atoms with E-state index < -0.39 is 0 Å². The molecular weight excluding hydrogens is 211 g/mol. The van der Waals surface area contributed by atoms with E-state index in [4.69, 9.17) is 4.42 Å². The number of aromatic nitrogens is 2. The monoisotopic (exact) mass is 222 g/mol. The first-order valence-electron chi connectivity index (χ1n) is 4.77. The van der Waals surface area contributed by atoms with E-state index in [-0.39, 0.29) is 11.8 Å². The maximum absolute atomic E-state index is 12.9. The fourth-order valence-electron chi connectivity index (χ4n) is 1.22. The van der Waals surface area contributed by atoms with Crippen molar-refractivity contribution in [3.8, 4) is 0 Å². The van der Waals surface area contributed by atoms with Gasteiger partial charge in [0.1, 0.15) is 5.82 Å². The summed E-state index contributed by atoms with van der Waals surface area (Å²) in [4.78, 5) is 0. The predicted octanol–water partition coefficient (Wildman–Crippen LogP) is 1.67. The van der Waals surface area contributed by atoms with Crippen molar-refractivity contribution in [2.45, 2.75) is 6.54 Å². The van der Waals surface area contributed by atoms with Gasteiger partial charge >= 0.3 is 6.01 Å². The summed E-state index contributed by atoms with van der Waals surface area (Å²) in [6.45, 7) is 0.498. The summed E-state index contributed by atoms with van der Waals surface area (Å²) in [5.74, 6) is 0.154. The van der Waals surface area contributed by atoms with E-state index in [1.807, 2.05) is 0 Å². The third kappa shape index (κ3) is 2.54. The molecule has 5 nitrogen and oxygen atoms in total. The number of hydrogen-bond acceptors (Lipinski definition) is 5. The number of benzene rings is 1. The van der Waals surface area contributed by atoms with Crippen molar-refractivity contribution in [2.24, 2.45) is 0 Å². The topological polar surface area (TPSA) is 63.0 Å². The Bertz CT molecular complexity index is 471. The minimum Gasteiger partial charge on any atom is -0.406 e. The van der Waals surface area contributed by atoms with Crippen molar-refractivity contribution in [2.75, 3.05) is 12.4 Å². The van der Waals surface area contributed by atoms with Gasteiger partial charge in [0.25, 0.3) is 0 Å². The van der Waals surface area contributed by atoms with Crippen molar-refractivity contribution >= 4 is 11.7 Å². The Hall–Kier alpha value is -1.95. The lowest BCUT2D eigenvalue weighted by Gasteiger charge is -1.99. The summed E-state index contributed by atoms with van der Waals surface area (Å²) in [6, 6.07) is 6.27. The van der Waals surface area contributed by atoms with Gasteiger partial charge in [-0.05, 0) is 25.2 Å². The average Bonchev–Trinajstić information content (AvgIpc) is 2.66. The first-order chi connectivity index (χ1) is 7.78. The van der Waals surface area contributed by atoms with E-state index in [1.165, 1.54) is 12.1 Å². The maximum atomic E-state index is 12.9. The fourth-order valence-corrected chi connectivity index (χ4v) is 1.22. The van der Waals surface area contributed by atoms with Gasteiger partial charge in [-0.2, -0.15) is 0 Å². The van der Waals surface area contributed by atoms with Crippen LogP contribution < -0.4 is 10.6 Å². The Balaban J connectivity index is 2.08. The van der Waals surface area contributed by atoms with Crippen LogP contribution in [0.3, 0.4) is 0 Å². The molecule has 2 N–H and O–H groups in total. The van der Waals surface area contributed by atoms with Crippen molar-refractivity contribution in [1.82, 2.24) is 15.5 Å². The van der Waals surface area contributed by atoms with E-state index in [9.17, 15) is 4.39 Å². The molecule has 0 saturated carbocycles. The molecule has 6 heteroatoms. The Morgan fingerprint density at radius 3 is 3.00 bits per heavy atom. The molecule has 16 heavy (non-hydrogen) atoms. The average molecular weight is 222 g/mol. The highest BCUT2D eigenvalue weighted by atomic mass is 19.1. The fraction of sp³-hybridized carbons (Fsp3) is 0.200. The molecule has 0 unspecified atom stereocenters. The van der Waals surface area contributed by atoms with Gasteiger partial charge in [0, 0.05) is 5.69 Å². The molecule has 1 aromatic heterocycles. The molecule has 0 aliphatic rings. The molecule has 0 aliphatic heterocycles. The van der Waals surface area contributed by atoms with Gasteiger partial charge in [-0.1, -0.05) is 11.2 Å². The van der Waals surface area contributed by atoms with Crippen molar-refractivity contribution in [3.63, 3.8) is 0 Å².